The highest BCUT2D eigenvalue weighted by Gasteiger charge is 2.39. The van der Waals surface area contributed by atoms with Crippen molar-refractivity contribution in [2.45, 2.75) is 38.5 Å². The van der Waals surface area contributed by atoms with E-state index in [0.29, 0.717) is 0 Å². The van der Waals surface area contributed by atoms with Crippen LogP contribution in [0.25, 0.3) is 72.0 Å². The van der Waals surface area contributed by atoms with Crippen molar-refractivity contribution in [1.82, 2.24) is 4.57 Å². The van der Waals surface area contributed by atoms with Gasteiger partial charge in [-0.05, 0) is 122 Å². The van der Waals surface area contributed by atoms with Crippen LogP contribution in [0.4, 0.5) is 17.1 Å². The molecule has 1 aromatic heterocycles. The quantitative estimate of drug-likeness (QED) is 0.163. The third-order valence-electron chi connectivity index (χ3n) is 14.0. The molecule has 0 unspecified atom stereocenters. The molecule has 1 heterocycles. The molecule has 0 fully saturated rings. The summed E-state index contributed by atoms with van der Waals surface area (Å²) in [5, 5.41) is 2.55. The van der Waals surface area contributed by atoms with Crippen molar-refractivity contribution in [2.24, 2.45) is 0 Å². The summed E-state index contributed by atoms with van der Waals surface area (Å²) in [5.74, 6) is 0. The molecule has 9 aromatic carbocycles. The Labute approximate surface area is 364 Å². The highest BCUT2D eigenvalue weighted by molar-refractivity contribution is 6.10. The lowest BCUT2D eigenvalue weighted by Crippen LogP contribution is -2.18. The summed E-state index contributed by atoms with van der Waals surface area (Å²) in [6.45, 7) is 9.55. The van der Waals surface area contributed by atoms with E-state index in [1.165, 1.54) is 94.3 Å². The number of rotatable bonds is 6. The first kappa shape index (κ1) is 36.4. The number of fused-ring (bicyclic) bond motifs is 9. The molecule has 2 aliphatic rings. The molecule has 296 valence electrons. The average Bonchev–Trinajstić information content (AvgIpc) is 3.86. The van der Waals surface area contributed by atoms with E-state index in [1.54, 1.807) is 0 Å². The smallest absolute Gasteiger partial charge is 0.0543 e. The second-order valence-corrected chi connectivity index (χ2v) is 18.2. The van der Waals surface area contributed by atoms with Gasteiger partial charge >= 0.3 is 0 Å². The molecular formula is C60H46N2. The first-order valence-electron chi connectivity index (χ1n) is 21.8. The fourth-order valence-electron chi connectivity index (χ4n) is 10.9. The van der Waals surface area contributed by atoms with Gasteiger partial charge in [-0.25, -0.2) is 0 Å². The van der Waals surface area contributed by atoms with Gasteiger partial charge in [0.25, 0.3) is 0 Å². The van der Waals surface area contributed by atoms with E-state index in [4.69, 9.17) is 0 Å². The molecule has 2 heteroatoms. The van der Waals surface area contributed by atoms with Gasteiger partial charge in [0.05, 0.1) is 16.7 Å². The summed E-state index contributed by atoms with van der Waals surface area (Å²) in [7, 11) is 0. The SMILES string of the molecule is CC1(C)c2ccccc2-c2ccc(N(c3cc(-c4ccccc4)cc(-c4ccccc4)c3)c3ccc4c(c3)C(C)(C)c3cccc(-n5c6ccccc6c6ccccc65)c3-4)cc21. The van der Waals surface area contributed by atoms with Crippen LogP contribution in [-0.2, 0) is 10.8 Å². The summed E-state index contributed by atoms with van der Waals surface area (Å²) < 4.78 is 2.49. The molecule has 0 saturated carbocycles. The number of para-hydroxylation sites is 2. The van der Waals surface area contributed by atoms with Gasteiger partial charge in [-0.15, -0.1) is 0 Å². The zero-order chi connectivity index (χ0) is 41.7. The summed E-state index contributed by atoms with van der Waals surface area (Å²) in [6.07, 6.45) is 0. The van der Waals surface area contributed by atoms with Crippen molar-refractivity contribution in [1.29, 1.82) is 0 Å². The molecule has 12 rings (SSSR count). The lowest BCUT2D eigenvalue weighted by molar-refractivity contribution is 0.660. The largest absolute Gasteiger partial charge is 0.310 e. The summed E-state index contributed by atoms with van der Waals surface area (Å²) in [4.78, 5) is 2.51. The maximum atomic E-state index is 2.51. The van der Waals surface area contributed by atoms with E-state index < -0.39 is 0 Å². The van der Waals surface area contributed by atoms with Gasteiger partial charge in [0.2, 0.25) is 0 Å². The van der Waals surface area contributed by atoms with Crippen molar-refractivity contribution in [3.8, 4) is 50.2 Å². The van der Waals surface area contributed by atoms with Crippen LogP contribution < -0.4 is 4.90 Å². The van der Waals surface area contributed by atoms with Crippen LogP contribution in [0.2, 0.25) is 0 Å². The predicted octanol–water partition coefficient (Wildman–Crippen LogP) is 16.2. The first-order chi connectivity index (χ1) is 30.3. The Morgan fingerprint density at radius 2 is 0.823 bits per heavy atom. The summed E-state index contributed by atoms with van der Waals surface area (Å²) in [5.41, 5.74) is 22.1. The molecule has 0 atom stereocenters. The topological polar surface area (TPSA) is 8.17 Å². The Balaban J connectivity index is 1.09. The van der Waals surface area contributed by atoms with E-state index in [9.17, 15) is 0 Å². The zero-order valence-electron chi connectivity index (χ0n) is 35.5. The molecule has 0 amide bonds. The van der Waals surface area contributed by atoms with Gasteiger partial charge in [0, 0.05) is 44.2 Å². The van der Waals surface area contributed by atoms with Crippen LogP contribution in [0.5, 0.6) is 0 Å². The Bertz CT molecular complexity index is 3290. The zero-order valence-corrected chi connectivity index (χ0v) is 35.5. The van der Waals surface area contributed by atoms with E-state index in [1.807, 2.05) is 0 Å². The number of anilines is 3. The lowest BCUT2D eigenvalue weighted by Gasteiger charge is -2.30. The second-order valence-electron chi connectivity index (χ2n) is 18.2. The average molecular weight is 795 g/mol. The maximum Gasteiger partial charge on any atom is 0.0543 e. The molecule has 0 N–H and O–H groups in total. The fraction of sp³-hybridized carbons (Fsp3) is 0.100. The van der Waals surface area contributed by atoms with Crippen LogP contribution in [-0.4, -0.2) is 4.57 Å². The molecule has 0 aliphatic heterocycles. The van der Waals surface area contributed by atoms with E-state index >= 15 is 0 Å². The molecule has 0 bridgehead atoms. The van der Waals surface area contributed by atoms with Gasteiger partial charge in [0.15, 0.2) is 0 Å². The van der Waals surface area contributed by atoms with Gasteiger partial charge < -0.3 is 9.47 Å². The standard InChI is InChI=1S/C60H46N2/c1-59(2)51-25-14-11-22-46(51)47-32-30-43(37-53(47)59)61(45-35-41(39-18-7-5-8-19-39)34-42(36-45)40-20-9-6-10-21-40)44-31-33-50-54(38-44)60(3,4)52-26-17-29-57(58(50)52)62-55-27-15-12-23-48(55)49-24-13-16-28-56(49)62/h5-38H,1-4H3. The van der Waals surface area contributed by atoms with Crippen LogP contribution >= 0.6 is 0 Å². The Morgan fingerprint density at radius 1 is 0.339 bits per heavy atom. The number of aromatic nitrogens is 1. The number of hydrogen-bond acceptors (Lipinski definition) is 1. The number of nitrogens with zero attached hydrogens (tertiary/aromatic N) is 2. The normalized spacial score (nSPS) is 14.1. The van der Waals surface area contributed by atoms with Crippen molar-refractivity contribution in [3.63, 3.8) is 0 Å². The minimum atomic E-state index is -0.246. The number of hydrogen-bond donors (Lipinski definition) is 0. The Morgan fingerprint density at radius 3 is 1.45 bits per heavy atom. The molecule has 62 heavy (non-hydrogen) atoms. The lowest BCUT2D eigenvalue weighted by atomic mass is 9.82. The summed E-state index contributed by atoms with van der Waals surface area (Å²) >= 11 is 0. The molecule has 2 nitrogen and oxygen atoms in total. The highest BCUT2D eigenvalue weighted by Crippen LogP contribution is 2.55. The van der Waals surface area contributed by atoms with Crippen LogP contribution in [0.15, 0.2) is 206 Å². The molecule has 10 aromatic rings. The van der Waals surface area contributed by atoms with Crippen molar-refractivity contribution in [3.05, 3.63) is 229 Å². The highest BCUT2D eigenvalue weighted by atomic mass is 15.1. The molecule has 2 aliphatic carbocycles. The molecule has 0 spiro atoms. The molecule has 0 saturated heterocycles. The van der Waals surface area contributed by atoms with Crippen molar-refractivity contribution in [2.75, 3.05) is 4.90 Å². The van der Waals surface area contributed by atoms with Crippen molar-refractivity contribution >= 4 is 38.9 Å². The van der Waals surface area contributed by atoms with Gasteiger partial charge in [-0.3, -0.25) is 0 Å². The molecule has 0 radical (unpaired) electrons. The van der Waals surface area contributed by atoms with Crippen LogP contribution in [0, 0.1) is 0 Å². The molecular weight excluding hydrogens is 749 g/mol. The fourth-order valence-corrected chi connectivity index (χ4v) is 10.9. The maximum absolute atomic E-state index is 2.51. The van der Waals surface area contributed by atoms with Crippen LogP contribution in [0.3, 0.4) is 0 Å². The van der Waals surface area contributed by atoms with Crippen LogP contribution in [0.1, 0.15) is 49.9 Å². The Kier molecular flexibility index (Phi) is 7.96. The summed E-state index contributed by atoms with van der Waals surface area (Å²) in [6, 6.07) is 76.6. The minimum absolute atomic E-state index is 0.139. The van der Waals surface area contributed by atoms with Crippen molar-refractivity contribution < 1.29 is 0 Å². The van der Waals surface area contributed by atoms with Gasteiger partial charge in [-0.2, -0.15) is 0 Å². The monoisotopic (exact) mass is 794 g/mol. The second kappa shape index (κ2) is 13.5. The predicted molar refractivity (Wildman–Crippen MR) is 261 cm³/mol. The van der Waals surface area contributed by atoms with E-state index in [-0.39, 0.29) is 10.8 Å². The number of benzene rings is 9. The van der Waals surface area contributed by atoms with E-state index in [2.05, 4.69) is 243 Å². The third kappa shape index (κ3) is 5.36. The first-order valence-corrected chi connectivity index (χ1v) is 21.8. The Hall–Kier alpha value is -7.42. The minimum Gasteiger partial charge on any atom is -0.310 e. The third-order valence-corrected chi connectivity index (χ3v) is 14.0. The van der Waals surface area contributed by atoms with Gasteiger partial charge in [-0.1, -0.05) is 173 Å². The van der Waals surface area contributed by atoms with E-state index in [0.717, 1.165) is 17.1 Å². The van der Waals surface area contributed by atoms with Gasteiger partial charge in [0.1, 0.15) is 0 Å².